The van der Waals surface area contributed by atoms with E-state index in [0.717, 1.165) is 11.3 Å². The van der Waals surface area contributed by atoms with Crippen molar-refractivity contribution < 1.29 is 9.90 Å². The third-order valence-corrected chi connectivity index (χ3v) is 2.78. The topological polar surface area (TPSA) is 58.4 Å². The van der Waals surface area contributed by atoms with Crippen LogP contribution in [0, 0.1) is 0 Å². The number of carbonyl (C=O) groups is 1. The molecule has 1 aromatic rings. The maximum Gasteiger partial charge on any atom is 0.320 e. The van der Waals surface area contributed by atoms with Gasteiger partial charge >= 0.3 is 5.97 Å². The van der Waals surface area contributed by atoms with Crippen LogP contribution in [0.3, 0.4) is 0 Å². The van der Waals surface area contributed by atoms with E-state index in [1.807, 2.05) is 22.8 Å². The van der Waals surface area contributed by atoms with E-state index in [2.05, 4.69) is 5.10 Å². The normalized spacial score (nSPS) is 18.1. The Kier molecular flexibility index (Phi) is 2.03. The van der Waals surface area contributed by atoms with Gasteiger partial charge in [0.25, 0.3) is 0 Å². The van der Waals surface area contributed by atoms with Crippen LogP contribution in [0.4, 0.5) is 0 Å². The summed E-state index contributed by atoms with van der Waals surface area (Å²) in [6, 6.07) is -0.428. The molecule has 2 rings (SSSR count). The molecule has 0 amide bonds. The van der Waals surface area contributed by atoms with Crippen LogP contribution in [0.25, 0.3) is 0 Å². The number of fused-ring (bicyclic) bond motifs is 1. The highest BCUT2D eigenvalue weighted by Crippen LogP contribution is 2.23. The average molecular weight is 195 g/mol. The number of rotatable bonds is 2. The van der Waals surface area contributed by atoms with Gasteiger partial charge in [0.05, 0.1) is 11.9 Å². The lowest BCUT2D eigenvalue weighted by Crippen LogP contribution is -2.35. The van der Waals surface area contributed by atoms with Gasteiger partial charge in [-0.3, -0.25) is 14.4 Å². The molecule has 14 heavy (non-hydrogen) atoms. The third kappa shape index (κ3) is 1.29. The van der Waals surface area contributed by atoms with Gasteiger partial charge in [-0.2, -0.15) is 5.10 Å². The molecule has 76 valence electrons. The molecule has 1 aromatic heterocycles. The van der Waals surface area contributed by atoms with Crippen LogP contribution in [0.5, 0.6) is 0 Å². The summed E-state index contributed by atoms with van der Waals surface area (Å²) in [5.41, 5.74) is 2.26. The predicted molar refractivity (Wildman–Crippen MR) is 49.6 cm³/mol. The van der Waals surface area contributed by atoms with Crippen LogP contribution in [-0.2, 0) is 24.9 Å². The summed E-state index contributed by atoms with van der Waals surface area (Å²) >= 11 is 0. The van der Waals surface area contributed by atoms with Gasteiger partial charge in [0.2, 0.25) is 0 Å². The Morgan fingerprint density at radius 1 is 1.64 bits per heavy atom. The number of nitrogens with zero attached hydrogens (tertiary/aromatic N) is 3. The summed E-state index contributed by atoms with van der Waals surface area (Å²) in [7, 11) is 1.88. The van der Waals surface area contributed by atoms with E-state index in [0.29, 0.717) is 13.1 Å². The highest BCUT2D eigenvalue weighted by atomic mass is 16.4. The van der Waals surface area contributed by atoms with Gasteiger partial charge in [-0.1, -0.05) is 0 Å². The Bertz CT molecular complexity index is 372. The molecule has 5 nitrogen and oxygen atoms in total. The van der Waals surface area contributed by atoms with Crippen molar-refractivity contribution in [3.8, 4) is 0 Å². The first kappa shape index (κ1) is 9.21. The van der Waals surface area contributed by atoms with Crippen molar-refractivity contribution in [2.45, 2.75) is 26.1 Å². The monoisotopic (exact) mass is 195 g/mol. The smallest absolute Gasteiger partial charge is 0.320 e. The molecule has 0 fully saturated rings. The minimum Gasteiger partial charge on any atom is -0.480 e. The number of aryl methyl sites for hydroxylation is 1. The van der Waals surface area contributed by atoms with Gasteiger partial charge in [0.15, 0.2) is 0 Å². The fourth-order valence-corrected chi connectivity index (χ4v) is 1.74. The number of hydrogen-bond acceptors (Lipinski definition) is 3. The van der Waals surface area contributed by atoms with Gasteiger partial charge in [-0.15, -0.1) is 0 Å². The van der Waals surface area contributed by atoms with E-state index in [9.17, 15) is 4.79 Å². The molecule has 1 unspecified atom stereocenters. The fraction of sp³-hybridized carbons (Fsp3) is 0.556. The zero-order chi connectivity index (χ0) is 10.3. The highest BCUT2D eigenvalue weighted by molar-refractivity contribution is 5.73. The van der Waals surface area contributed by atoms with Gasteiger partial charge in [-0.05, 0) is 6.92 Å². The molecule has 0 aromatic carbocycles. The van der Waals surface area contributed by atoms with Crippen molar-refractivity contribution in [2.24, 2.45) is 7.05 Å². The minimum absolute atomic E-state index is 0.428. The molecule has 0 aliphatic carbocycles. The zero-order valence-electron chi connectivity index (χ0n) is 8.27. The summed E-state index contributed by atoms with van der Waals surface area (Å²) in [4.78, 5) is 12.7. The Morgan fingerprint density at radius 2 is 2.36 bits per heavy atom. The Morgan fingerprint density at radius 3 is 2.93 bits per heavy atom. The highest BCUT2D eigenvalue weighted by Gasteiger charge is 2.29. The molecular weight excluding hydrogens is 182 g/mol. The largest absolute Gasteiger partial charge is 0.480 e. The number of hydrogen-bond donors (Lipinski definition) is 1. The van der Waals surface area contributed by atoms with Crippen LogP contribution < -0.4 is 0 Å². The van der Waals surface area contributed by atoms with Crippen molar-refractivity contribution in [2.75, 3.05) is 0 Å². The van der Waals surface area contributed by atoms with Crippen molar-refractivity contribution in [1.82, 2.24) is 14.7 Å². The number of carboxylic acid groups (broad SMARTS) is 1. The van der Waals surface area contributed by atoms with E-state index in [4.69, 9.17) is 5.11 Å². The van der Waals surface area contributed by atoms with Crippen molar-refractivity contribution in [3.05, 3.63) is 17.5 Å². The summed E-state index contributed by atoms with van der Waals surface area (Å²) in [5, 5.41) is 13.0. The molecule has 0 saturated heterocycles. The van der Waals surface area contributed by atoms with E-state index >= 15 is 0 Å². The predicted octanol–water partition coefficient (Wildman–Crippen LogP) is 0.209. The summed E-state index contributed by atoms with van der Waals surface area (Å²) < 4.78 is 1.81. The second-order valence-electron chi connectivity index (χ2n) is 3.66. The van der Waals surface area contributed by atoms with Crippen LogP contribution in [0.2, 0.25) is 0 Å². The molecule has 2 heterocycles. The zero-order valence-corrected chi connectivity index (χ0v) is 8.27. The van der Waals surface area contributed by atoms with E-state index < -0.39 is 12.0 Å². The first-order valence-corrected chi connectivity index (χ1v) is 4.56. The summed E-state index contributed by atoms with van der Waals surface area (Å²) in [6.45, 7) is 3.08. The standard InChI is InChI=1S/C9H13N3O2/c1-6(9(13)14)12-4-7-3-10-11(2)8(7)5-12/h3,6H,4-5H2,1-2H3,(H,13,14). The summed E-state index contributed by atoms with van der Waals surface area (Å²) in [5.74, 6) is -0.772. The van der Waals surface area contributed by atoms with Crippen molar-refractivity contribution >= 4 is 5.97 Å². The van der Waals surface area contributed by atoms with Crippen molar-refractivity contribution in [1.29, 1.82) is 0 Å². The molecule has 1 atom stereocenters. The molecule has 1 aliphatic rings. The SMILES string of the molecule is CC(C(=O)O)N1Cc2cnn(C)c2C1. The Labute approximate surface area is 81.9 Å². The van der Waals surface area contributed by atoms with Crippen molar-refractivity contribution in [3.63, 3.8) is 0 Å². The van der Waals surface area contributed by atoms with E-state index in [1.54, 1.807) is 6.92 Å². The molecule has 0 radical (unpaired) electrons. The van der Waals surface area contributed by atoms with Gasteiger partial charge in [0.1, 0.15) is 6.04 Å². The maximum absolute atomic E-state index is 10.8. The second-order valence-corrected chi connectivity index (χ2v) is 3.66. The molecule has 0 bridgehead atoms. The quantitative estimate of drug-likeness (QED) is 0.732. The maximum atomic E-state index is 10.8. The fourth-order valence-electron chi connectivity index (χ4n) is 1.74. The van der Waals surface area contributed by atoms with E-state index in [-0.39, 0.29) is 0 Å². The molecule has 5 heteroatoms. The molecule has 1 N–H and O–H groups in total. The number of aromatic nitrogens is 2. The van der Waals surface area contributed by atoms with E-state index in [1.165, 1.54) is 0 Å². The lowest BCUT2D eigenvalue weighted by atomic mass is 10.3. The van der Waals surface area contributed by atoms with Crippen LogP contribution in [0.1, 0.15) is 18.2 Å². The first-order chi connectivity index (χ1) is 6.59. The first-order valence-electron chi connectivity index (χ1n) is 4.56. The van der Waals surface area contributed by atoms with Crippen LogP contribution in [-0.4, -0.2) is 31.8 Å². The third-order valence-electron chi connectivity index (χ3n) is 2.78. The van der Waals surface area contributed by atoms with Gasteiger partial charge in [-0.25, -0.2) is 0 Å². The van der Waals surface area contributed by atoms with Gasteiger partial charge < -0.3 is 5.11 Å². The average Bonchev–Trinajstić information content (AvgIpc) is 2.67. The second kappa shape index (κ2) is 3.09. The lowest BCUT2D eigenvalue weighted by molar-refractivity contribution is -0.142. The Hall–Kier alpha value is -1.36. The lowest BCUT2D eigenvalue weighted by Gasteiger charge is -2.19. The molecule has 0 saturated carbocycles. The van der Waals surface area contributed by atoms with Crippen LogP contribution in [0.15, 0.2) is 6.20 Å². The summed E-state index contributed by atoms with van der Waals surface area (Å²) in [6.07, 6.45) is 1.81. The number of carboxylic acids is 1. The molecule has 1 aliphatic heterocycles. The molecule has 0 spiro atoms. The van der Waals surface area contributed by atoms with Gasteiger partial charge in [0, 0.05) is 25.7 Å². The minimum atomic E-state index is -0.772. The number of aliphatic carboxylic acids is 1. The molecular formula is C9H13N3O2. The van der Waals surface area contributed by atoms with Crippen LogP contribution >= 0.6 is 0 Å². The Balaban J connectivity index is 2.15.